The van der Waals surface area contributed by atoms with Gasteiger partial charge in [0.15, 0.2) is 0 Å². The van der Waals surface area contributed by atoms with Crippen LogP contribution in [0.3, 0.4) is 0 Å². The number of carbonyl (C=O) groups excluding carboxylic acids is 2. The molecule has 2 aliphatic rings. The predicted octanol–water partition coefficient (Wildman–Crippen LogP) is 3.13. The molecule has 28 heavy (non-hydrogen) atoms. The lowest BCUT2D eigenvalue weighted by Gasteiger charge is -2.38. The average molecular weight is 387 g/mol. The summed E-state index contributed by atoms with van der Waals surface area (Å²) in [6, 6.07) is 10.7. The van der Waals surface area contributed by atoms with Gasteiger partial charge < -0.3 is 14.5 Å². The van der Waals surface area contributed by atoms with E-state index in [-0.39, 0.29) is 24.0 Å². The Balaban J connectivity index is 1.70. The largest absolute Gasteiger partial charge is 0.372 e. The van der Waals surface area contributed by atoms with Gasteiger partial charge in [-0.3, -0.25) is 9.59 Å². The number of nitrogens with zero attached hydrogens (tertiary/aromatic N) is 2. The Morgan fingerprint density at radius 3 is 2.50 bits per heavy atom. The second-order valence-electron chi connectivity index (χ2n) is 8.70. The van der Waals surface area contributed by atoms with Crippen LogP contribution in [0, 0.1) is 11.3 Å². The number of hydrogen-bond donors (Lipinski definition) is 0. The quantitative estimate of drug-likeness (QED) is 0.723. The summed E-state index contributed by atoms with van der Waals surface area (Å²) in [7, 11) is 0. The van der Waals surface area contributed by atoms with Gasteiger partial charge in [0.05, 0.1) is 5.41 Å². The van der Waals surface area contributed by atoms with Crippen LogP contribution in [0.4, 0.5) is 0 Å². The first-order chi connectivity index (χ1) is 13.4. The van der Waals surface area contributed by atoms with Crippen LogP contribution >= 0.6 is 0 Å². The van der Waals surface area contributed by atoms with Crippen molar-refractivity contribution in [1.29, 1.82) is 0 Å². The van der Waals surface area contributed by atoms with Gasteiger partial charge in [0.25, 0.3) is 0 Å². The van der Waals surface area contributed by atoms with Crippen molar-refractivity contribution in [2.24, 2.45) is 11.3 Å². The maximum atomic E-state index is 13.5. The molecule has 1 aromatic rings. The number of rotatable bonds is 7. The van der Waals surface area contributed by atoms with E-state index in [1.165, 1.54) is 5.56 Å². The highest BCUT2D eigenvalue weighted by Gasteiger charge is 2.52. The van der Waals surface area contributed by atoms with Crippen molar-refractivity contribution in [2.75, 3.05) is 32.8 Å². The first-order valence-corrected chi connectivity index (χ1v) is 10.7. The Bertz CT molecular complexity index is 666. The van der Waals surface area contributed by atoms with Crippen LogP contribution in [-0.2, 0) is 20.7 Å². The van der Waals surface area contributed by atoms with E-state index in [2.05, 4.69) is 43.0 Å². The topological polar surface area (TPSA) is 49.9 Å². The van der Waals surface area contributed by atoms with Gasteiger partial charge in [-0.2, -0.15) is 0 Å². The van der Waals surface area contributed by atoms with Gasteiger partial charge in [0.1, 0.15) is 6.61 Å². The number of likely N-dealkylation sites (tertiary alicyclic amines) is 2. The Kier molecular flexibility index (Phi) is 6.76. The molecule has 0 aliphatic carbocycles. The Morgan fingerprint density at radius 1 is 1.21 bits per heavy atom. The standard InChI is InChI=1S/C23H34N2O3/c1-4-28-17-21(26)24-12-10-23(11-13-24)15-20(14-19-8-6-5-7-9-19)25(22(23)27)16-18(2)3/h5-9,18,20H,4,10-17H2,1-3H3/t20-/m0/s1. The maximum Gasteiger partial charge on any atom is 0.248 e. The molecule has 0 radical (unpaired) electrons. The van der Waals surface area contributed by atoms with Gasteiger partial charge in [-0.05, 0) is 44.1 Å². The Labute approximate surface area is 169 Å². The zero-order valence-electron chi connectivity index (χ0n) is 17.5. The molecule has 5 heteroatoms. The molecule has 2 heterocycles. The van der Waals surface area contributed by atoms with E-state index in [4.69, 9.17) is 4.74 Å². The van der Waals surface area contributed by atoms with Crippen molar-refractivity contribution in [3.8, 4) is 0 Å². The number of carbonyl (C=O) groups is 2. The highest BCUT2D eigenvalue weighted by atomic mass is 16.5. The van der Waals surface area contributed by atoms with Gasteiger partial charge in [-0.15, -0.1) is 0 Å². The van der Waals surface area contributed by atoms with E-state index < -0.39 is 0 Å². The Morgan fingerprint density at radius 2 is 1.89 bits per heavy atom. The lowest BCUT2D eigenvalue weighted by molar-refractivity contribution is -0.145. The number of ether oxygens (including phenoxy) is 1. The van der Waals surface area contributed by atoms with Crippen LogP contribution in [0.2, 0.25) is 0 Å². The van der Waals surface area contributed by atoms with Crippen LogP contribution in [0.5, 0.6) is 0 Å². The molecule has 0 bridgehead atoms. The highest BCUT2D eigenvalue weighted by Crippen LogP contribution is 2.45. The van der Waals surface area contributed by atoms with E-state index in [1.54, 1.807) is 0 Å². The summed E-state index contributed by atoms with van der Waals surface area (Å²) < 4.78 is 5.26. The molecule has 2 fully saturated rings. The van der Waals surface area contributed by atoms with Crippen LogP contribution in [0.15, 0.2) is 30.3 Å². The number of hydrogen-bond acceptors (Lipinski definition) is 3. The molecular weight excluding hydrogens is 352 g/mol. The first-order valence-electron chi connectivity index (χ1n) is 10.7. The number of amides is 2. The van der Waals surface area contributed by atoms with Crippen molar-refractivity contribution in [2.45, 2.75) is 52.5 Å². The smallest absolute Gasteiger partial charge is 0.248 e. The zero-order chi connectivity index (χ0) is 20.1. The van der Waals surface area contributed by atoms with E-state index in [0.29, 0.717) is 31.5 Å². The summed E-state index contributed by atoms with van der Waals surface area (Å²) in [4.78, 5) is 29.7. The van der Waals surface area contributed by atoms with Gasteiger partial charge in [-0.25, -0.2) is 0 Å². The molecule has 0 aromatic heterocycles. The lowest BCUT2D eigenvalue weighted by atomic mass is 9.75. The zero-order valence-corrected chi connectivity index (χ0v) is 17.5. The normalized spacial score (nSPS) is 21.7. The lowest BCUT2D eigenvalue weighted by Crippen LogP contribution is -2.48. The second-order valence-corrected chi connectivity index (χ2v) is 8.70. The third-order valence-electron chi connectivity index (χ3n) is 6.16. The molecule has 2 amide bonds. The van der Waals surface area contributed by atoms with Crippen molar-refractivity contribution in [1.82, 2.24) is 9.80 Å². The van der Waals surface area contributed by atoms with Crippen molar-refractivity contribution in [3.63, 3.8) is 0 Å². The average Bonchev–Trinajstić information content (AvgIpc) is 2.92. The van der Waals surface area contributed by atoms with E-state index >= 15 is 0 Å². The third kappa shape index (κ3) is 4.57. The fourth-order valence-corrected chi connectivity index (χ4v) is 4.70. The molecule has 0 saturated carbocycles. The van der Waals surface area contributed by atoms with Crippen LogP contribution < -0.4 is 0 Å². The summed E-state index contributed by atoms with van der Waals surface area (Å²) in [5.74, 6) is 0.797. The molecule has 1 atom stereocenters. The Hall–Kier alpha value is -1.88. The third-order valence-corrected chi connectivity index (χ3v) is 6.16. The van der Waals surface area contributed by atoms with Gasteiger partial charge in [0.2, 0.25) is 11.8 Å². The highest BCUT2D eigenvalue weighted by molar-refractivity contribution is 5.86. The summed E-state index contributed by atoms with van der Waals surface area (Å²) in [6.07, 6.45) is 3.35. The summed E-state index contributed by atoms with van der Waals surface area (Å²) in [6.45, 7) is 9.06. The first kappa shape index (κ1) is 20.8. The molecular formula is C23H34N2O3. The second kappa shape index (κ2) is 9.08. The summed E-state index contributed by atoms with van der Waals surface area (Å²) in [5.41, 5.74) is 0.993. The van der Waals surface area contributed by atoms with E-state index in [9.17, 15) is 9.59 Å². The molecule has 1 spiro atoms. The molecule has 0 unspecified atom stereocenters. The van der Waals surface area contributed by atoms with Crippen molar-refractivity contribution in [3.05, 3.63) is 35.9 Å². The minimum absolute atomic E-state index is 0.0435. The fraction of sp³-hybridized carbons (Fsp3) is 0.652. The summed E-state index contributed by atoms with van der Waals surface area (Å²) in [5, 5.41) is 0. The van der Waals surface area contributed by atoms with Crippen molar-refractivity contribution >= 4 is 11.8 Å². The van der Waals surface area contributed by atoms with Gasteiger partial charge in [-0.1, -0.05) is 44.2 Å². The summed E-state index contributed by atoms with van der Waals surface area (Å²) >= 11 is 0. The number of benzene rings is 1. The molecule has 154 valence electrons. The van der Waals surface area contributed by atoms with E-state index in [1.807, 2.05) is 17.9 Å². The van der Waals surface area contributed by atoms with Crippen molar-refractivity contribution < 1.29 is 14.3 Å². The van der Waals surface area contributed by atoms with Crippen LogP contribution in [-0.4, -0.2) is 60.5 Å². The molecule has 1 aromatic carbocycles. The minimum Gasteiger partial charge on any atom is -0.372 e. The van der Waals surface area contributed by atoms with Gasteiger partial charge in [0, 0.05) is 32.3 Å². The monoisotopic (exact) mass is 386 g/mol. The fourth-order valence-electron chi connectivity index (χ4n) is 4.70. The SMILES string of the molecule is CCOCC(=O)N1CCC2(CC1)C[C@H](Cc1ccccc1)N(CC(C)C)C2=O. The predicted molar refractivity (Wildman–Crippen MR) is 110 cm³/mol. The van der Waals surface area contributed by atoms with Crippen LogP contribution in [0.1, 0.15) is 45.6 Å². The minimum atomic E-state index is -0.295. The maximum absolute atomic E-state index is 13.5. The molecule has 3 rings (SSSR count). The molecule has 0 N–H and O–H groups in total. The molecule has 5 nitrogen and oxygen atoms in total. The molecule has 2 saturated heterocycles. The molecule has 2 aliphatic heterocycles. The van der Waals surface area contributed by atoms with Gasteiger partial charge >= 0.3 is 0 Å². The van der Waals surface area contributed by atoms with Crippen LogP contribution in [0.25, 0.3) is 0 Å². The van der Waals surface area contributed by atoms with E-state index in [0.717, 1.165) is 32.2 Å². The number of piperidine rings is 1.